The smallest absolute Gasteiger partial charge is 0.274 e. The van der Waals surface area contributed by atoms with E-state index in [1.165, 1.54) is 10.6 Å². The molecule has 0 aromatic carbocycles. The van der Waals surface area contributed by atoms with Crippen LogP contribution in [0, 0.1) is 6.92 Å². The second-order valence-corrected chi connectivity index (χ2v) is 3.20. The molecule has 5 heteroatoms. The number of hydrogen-bond donors (Lipinski definition) is 2. The van der Waals surface area contributed by atoms with Gasteiger partial charge in [0.2, 0.25) is 0 Å². The normalized spacial score (nSPS) is 11.0. The molecule has 14 heavy (non-hydrogen) atoms. The van der Waals surface area contributed by atoms with Gasteiger partial charge in [0.1, 0.15) is 5.65 Å². The minimum absolute atomic E-state index is 0.0387. The first-order chi connectivity index (χ1) is 6.70. The van der Waals surface area contributed by atoms with Gasteiger partial charge in [-0.2, -0.15) is 9.61 Å². The van der Waals surface area contributed by atoms with E-state index in [2.05, 4.69) is 10.1 Å². The summed E-state index contributed by atoms with van der Waals surface area (Å²) in [6.45, 7) is 1.86. The van der Waals surface area contributed by atoms with Crippen LogP contribution in [-0.4, -0.2) is 26.3 Å². The molecule has 2 rings (SSSR count). The fraction of sp³-hybridized carbons (Fsp3) is 0.333. The minimum atomic E-state index is -0.152. The van der Waals surface area contributed by atoms with Crippen LogP contribution in [0.1, 0.15) is 11.4 Å². The fourth-order valence-corrected chi connectivity index (χ4v) is 1.41. The van der Waals surface area contributed by atoms with Crippen LogP contribution in [0.4, 0.5) is 0 Å². The van der Waals surface area contributed by atoms with E-state index in [1.807, 2.05) is 6.92 Å². The summed E-state index contributed by atoms with van der Waals surface area (Å²) in [6.07, 6.45) is 0.466. The molecule has 0 aliphatic carbocycles. The molecule has 0 bridgehead atoms. The maximum absolute atomic E-state index is 11.4. The van der Waals surface area contributed by atoms with Crippen LogP contribution in [0.5, 0.6) is 0 Å². The molecule has 0 fully saturated rings. The first kappa shape index (κ1) is 8.96. The Morgan fingerprint density at radius 3 is 3.07 bits per heavy atom. The number of aliphatic hydroxyl groups excluding tert-OH is 1. The Hall–Kier alpha value is -1.62. The van der Waals surface area contributed by atoms with Crippen molar-refractivity contribution in [2.45, 2.75) is 13.3 Å². The molecule has 0 saturated heterocycles. The molecular weight excluding hydrogens is 182 g/mol. The summed E-state index contributed by atoms with van der Waals surface area (Å²) in [5.74, 6) is 0. The molecule has 0 spiro atoms. The third-order valence-corrected chi connectivity index (χ3v) is 2.00. The molecule has 2 aromatic rings. The van der Waals surface area contributed by atoms with Crippen LogP contribution in [-0.2, 0) is 6.42 Å². The van der Waals surface area contributed by atoms with E-state index >= 15 is 0 Å². The predicted molar refractivity (Wildman–Crippen MR) is 51.3 cm³/mol. The standard InChI is InChI=1S/C9H11N3O2/c1-6-4-9(14)12-8(10-6)5-7(11-12)2-3-13/h4-5,10,13H,2-3H2,1H3. The molecule has 2 N–H and O–H groups in total. The van der Waals surface area contributed by atoms with Gasteiger partial charge in [-0.1, -0.05) is 0 Å². The summed E-state index contributed by atoms with van der Waals surface area (Å²) in [6, 6.07) is 3.26. The van der Waals surface area contributed by atoms with Gasteiger partial charge >= 0.3 is 0 Å². The van der Waals surface area contributed by atoms with E-state index in [9.17, 15) is 4.79 Å². The number of aryl methyl sites for hydroxylation is 1. The minimum Gasteiger partial charge on any atom is -0.396 e. The van der Waals surface area contributed by atoms with Crippen LogP contribution < -0.4 is 5.56 Å². The quantitative estimate of drug-likeness (QED) is 0.697. The maximum atomic E-state index is 11.4. The summed E-state index contributed by atoms with van der Waals surface area (Å²) < 4.78 is 1.30. The summed E-state index contributed by atoms with van der Waals surface area (Å²) in [4.78, 5) is 14.5. The highest BCUT2D eigenvalue weighted by Crippen LogP contribution is 2.02. The molecule has 5 nitrogen and oxygen atoms in total. The molecule has 0 atom stereocenters. The number of aromatic nitrogens is 3. The van der Waals surface area contributed by atoms with Crippen LogP contribution in [0.2, 0.25) is 0 Å². The third-order valence-electron chi connectivity index (χ3n) is 2.00. The topological polar surface area (TPSA) is 70.4 Å². The average Bonchev–Trinajstić information content (AvgIpc) is 2.48. The van der Waals surface area contributed by atoms with E-state index in [0.29, 0.717) is 17.8 Å². The zero-order valence-electron chi connectivity index (χ0n) is 7.82. The van der Waals surface area contributed by atoms with E-state index in [0.717, 1.165) is 5.69 Å². The number of hydrogen-bond acceptors (Lipinski definition) is 3. The van der Waals surface area contributed by atoms with E-state index in [-0.39, 0.29) is 12.2 Å². The fourth-order valence-electron chi connectivity index (χ4n) is 1.41. The zero-order valence-corrected chi connectivity index (χ0v) is 7.82. The van der Waals surface area contributed by atoms with Crippen molar-refractivity contribution in [1.82, 2.24) is 14.6 Å². The lowest BCUT2D eigenvalue weighted by Crippen LogP contribution is -2.14. The Morgan fingerprint density at radius 2 is 2.36 bits per heavy atom. The molecule has 74 valence electrons. The van der Waals surface area contributed by atoms with Gasteiger partial charge in [-0.3, -0.25) is 4.79 Å². The number of nitrogens with zero attached hydrogens (tertiary/aromatic N) is 2. The van der Waals surface area contributed by atoms with Gasteiger partial charge in [-0.05, 0) is 6.92 Å². The Kier molecular flexibility index (Phi) is 2.09. The molecule has 2 heterocycles. The lowest BCUT2D eigenvalue weighted by Gasteiger charge is -1.93. The van der Waals surface area contributed by atoms with E-state index < -0.39 is 0 Å². The van der Waals surface area contributed by atoms with Crippen LogP contribution in [0.3, 0.4) is 0 Å². The van der Waals surface area contributed by atoms with Gasteiger partial charge in [-0.25, -0.2) is 0 Å². The summed E-state index contributed by atoms with van der Waals surface area (Å²) in [7, 11) is 0. The van der Waals surface area contributed by atoms with Gasteiger partial charge in [0.25, 0.3) is 5.56 Å². The molecule has 0 aliphatic rings. The first-order valence-corrected chi connectivity index (χ1v) is 4.40. The summed E-state index contributed by atoms with van der Waals surface area (Å²) in [5, 5.41) is 12.8. The van der Waals surface area contributed by atoms with Crippen molar-refractivity contribution in [3.8, 4) is 0 Å². The van der Waals surface area contributed by atoms with Crippen molar-refractivity contribution in [2.24, 2.45) is 0 Å². The Bertz CT molecular complexity index is 512. The number of aromatic amines is 1. The van der Waals surface area contributed by atoms with Crippen molar-refractivity contribution in [3.05, 3.63) is 33.9 Å². The number of aliphatic hydroxyl groups is 1. The summed E-state index contributed by atoms with van der Waals surface area (Å²) in [5.41, 5.74) is 2.03. The van der Waals surface area contributed by atoms with Crippen molar-refractivity contribution < 1.29 is 5.11 Å². The lowest BCUT2D eigenvalue weighted by molar-refractivity contribution is 0.298. The zero-order chi connectivity index (χ0) is 10.1. The molecule has 2 aromatic heterocycles. The van der Waals surface area contributed by atoms with Gasteiger partial charge in [0.15, 0.2) is 0 Å². The van der Waals surface area contributed by atoms with Gasteiger partial charge < -0.3 is 10.1 Å². The first-order valence-electron chi connectivity index (χ1n) is 4.40. The largest absolute Gasteiger partial charge is 0.396 e. The van der Waals surface area contributed by atoms with Crippen molar-refractivity contribution >= 4 is 5.65 Å². The van der Waals surface area contributed by atoms with Crippen LogP contribution in [0.15, 0.2) is 16.9 Å². The van der Waals surface area contributed by atoms with Crippen molar-refractivity contribution in [2.75, 3.05) is 6.61 Å². The molecule has 0 unspecified atom stereocenters. The number of fused-ring (bicyclic) bond motifs is 1. The third kappa shape index (κ3) is 1.42. The van der Waals surface area contributed by atoms with Crippen molar-refractivity contribution in [1.29, 1.82) is 0 Å². The second kappa shape index (κ2) is 3.26. The monoisotopic (exact) mass is 193 g/mol. The van der Waals surface area contributed by atoms with Crippen LogP contribution in [0.25, 0.3) is 5.65 Å². The Balaban J connectivity index is 2.65. The summed E-state index contributed by atoms with van der Waals surface area (Å²) >= 11 is 0. The predicted octanol–water partition coefficient (Wildman–Crippen LogP) is -0.134. The van der Waals surface area contributed by atoms with Crippen molar-refractivity contribution in [3.63, 3.8) is 0 Å². The highest BCUT2D eigenvalue weighted by atomic mass is 16.3. The number of nitrogens with one attached hydrogen (secondary N) is 1. The number of rotatable bonds is 2. The molecule has 0 amide bonds. The number of H-pyrrole nitrogens is 1. The maximum Gasteiger partial charge on any atom is 0.274 e. The second-order valence-electron chi connectivity index (χ2n) is 3.20. The molecule has 0 saturated carbocycles. The van der Waals surface area contributed by atoms with E-state index in [1.54, 1.807) is 6.07 Å². The highest BCUT2D eigenvalue weighted by molar-refractivity contribution is 5.39. The molecular formula is C9H11N3O2. The SMILES string of the molecule is Cc1cc(=O)n2nc(CCO)cc2[nH]1. The highest BCUT2D eigenvalue weighted by Gasteiger charge is 2.04. The van der Waals surface area contributed by atoms with E-state index in [4.69, 9.17) is 5.11 Å². The van der Waals surface area contributed by atoms with Gasteiger partial charge in [-0.15, -0.1) is 0 Å². The van der Waals surface area contributed by atoms with Crippen LogP contribution >= 0.6 is 0 Å². The van der Waals surface area contributed by atoms with Gasteiger partial charge in [0.05, 0.1) is 5.69 Å². The lowest BCUT2D eigenvalue weighted by atomic mass is 10.3. The molecule has 0 radical (unpaired) electrons. The molecule has 0 aliphatic heterocycles. The van der Waals surface area contributed by atoms with Gasteiger partial charge in [0, 0.05) is 30.9 Å². The Morgan fingerprint density at radius 1 is 1.57 bits per heavy atom. The Labute approximate surface area is 80.0 Å². The average molecular weight is 193 g/mol.